The second-order valence-electron chi connectivity index (χ2n) is 4.89. The first kappa shape index (κ1) is 18.8. The predicted octanol–water partition coefficient (Wildman–Crippen LogP) is 0.861. The van der Waals surface area contributed by atoms with Crippen molar-refractivity contribution in [2.45, 2.75) is 39.2 Å². The van der Waals surface area contributed by atoms with E-state index in [1.54, 1.807) is 11.8 Å². The van der Waals surface area contributed by atoms with Crippen LogP contribution in [0, 0.1) is 5.92 Å². The third kappa shape index (κ3) is 9.66. The number of likely N-dealkylation sites (N-methyl/N-ethyl adjacent to an activating group) is 1. The molecule has 0 spiro atoms. The van der Waals surface area contributed by atoms with Crippen LogP contribution in [0.5, 0.6) is 0 Å². The van der Waals surface area contributed by atoms with E-state index in [0.717, 1.165) is 5.75 Å². The zero-order valence-corrected chi connectivity index (χ0v) is 13.1. The molecule has 1 atom stereocenters. The van der Waals surface area contributed by atoms with Gasteiger partial charge in [0.1, 0.15) is 6.04 Å². The van der Waals surface area contributed by atoms with Crippen LogP contribution in [0.25, 0.3) is 0 Å². The van der Waals surface area contributed by atoms with Gasteiger partial charge in [0.05, 0.1) is 0 Å². The Morgan fingerprint density at radius 3 is 2.35 bits per heavy atom. The predicted molar refractivity (Wildman–Crippen MR) is 79.6 cm³/mol. The molecule has 20 heavy (non-hydrogen) atoms. The highest BCUT2D eigenvalue weighted by atomic mass is 32.2. The lowest BCUT2D eigenvalue weighted by Gasteiger charge is -2.16. The molecule has 0 unspecified atom stereocenters. The number of rotatable bonds is 10. The molecule has 0 aliphatic heterocycles. The van der Waals surface area contributed by atoms with Crippen LogP contribution < -0.4 is 10.6 Å². The Morgan fingerprint density at radius 1 is 1.20 bits per heavy atom. The van der Waals surface area contributed by atoms with E-state index >= 15 is 0 Å². The number of carboxylic acid groups (broad SMARTS) is 1. The molecule has 0 rings (SSSR count). The van der Waals surface area contributed by atoms with Gasteiger partial charge in [-0.05, 0) is 18.1 Å². The van der Waals surface area contributed by atoms with Gasteiger partial charge in [-0.2, -0.15) is 11.8 Å². The van der Waals surface area contributed by atoms with Crippen LogP contribution in [-0.4, -0.2) is 47.5 Å². The number of amides is 2. The molecule has 7 heteroatoms. The molecule has 0 saturated heterocycles. The normalized spacial score (nSPS) is 12.0. The van der Waals surface area contributed by atoms with E-state index in [1.165, 1.54) is 7.05 Å². The van der Waals surface area contributed by atoms with E-state index in [9.17, 15) is 14.4 Å². The number of carboxylic acids is 1. The van der Waals surface area contributed by atoms with Gasteiger partial charge in [-0.1, -0.05) is 13.8 Å². The maximum absolute atomic E-state index is 11.7. The van der Waals surface area contributed by atoms with E-state index in [4.69, 9.17) is 5.11 Å². The molecule has 0 heterocycles. The van der Waals surface area contributed by atoms with Crippen LogP contribution in [-0.2, 0) is 14.4 Å². The third-order valence-electron chi connectivity index (χ3n) is 2.47. The summed E-state index contributed by atoms with van der Waals surface area (Å²) in [4.78, 5) is 33.8. The van der Waals surface area contributed by atoms with Crippen molar-refractivity contribution in [2.24, 2.45) is 5.92 Å². The van der Waals surface area contributed by atoms with Gasteiger partial charge in [0.2, 0.25) is 11.8 Å². The van der Waals surface area contributed by atoms with Crippen molar-refractivity contribution in [1.82, 2.24) is 10.6 Å². The van der Waals surface area contributed by atoms with E-state index < -0.39 is 12.0 Å². The van der Waals surface area contributed by atoms with Crippen LogP contribution in [0.2, 0.25) is 0 Å². The van der Waals surface area contributed by atoms with Crippen LogP contribution in [0.1, 0.15) is 33.1 Å². The van der Waals surface area contributed by atoms with Gasteiger partial charge in [0.15, 0.2) is 0 Å². The topological polar surface area (TPSA) is 95.5 Å². The molecule has 0 saturated carbocycles. The maximum Gasteiger partial charge on any atom is 0.303 e. The van der Waals surface area contributed by atoms with E-state index in [2.05, 4.69) is 24.5 Å². The Hall–Kier alpha value is -1.24. The second kappa shape index (κ2) is 10.5. The molecule has 0 fully saturated rings. The average Bonchev–Trinajstić information content (AvgIpc) is 2.38. The van der Waals surface area contributed by atoms with Gasteiger partial charge in [0.25, 0.3) is 0 Å². The first-order chi connectivity index (χ1) is 9.36. The first-order valence-electron chi connectivity index (χ1n) is 6.67. The highest BCUT2D eigenvalue weighted by Gasteiger charge is 2.20. The average molecular weight is 304 g/mol. The van der Waals surface area contributed by atoms with Gasteiger partial charge in [-0.3, -0.25) is 14.4 Å². The minimum Gasteiger partial charge on any atom is -0.481 e. The van der Waals surface area contributed by atoms with Crippen molar-refractivity contribution in [2.75, 3.05) is 18.6 Å². The number of hydrogen-bond acceptors (Lipinski definition) is 4. The van der Waals surface area contributed by atoms with Crippen LogP contribution in [0.4, 0.5) is 0 Å². The van der Waals surface area contributed by atoms with Gasteiger partial charge in [-0.25, -0.2) is 0 Å². The summed E-state index contributed by atoms with van der Waals surface area (Å²) in [6, 6.07) is -0.779. The maximum atomic E-state index is 11.7. The van der Waals surface area contributed by atoms with Crippen LogP contribution >= 0.6 is 11.8 Å². The number of nitrogens with one attached hydrogen (secondary N) is 2. The molecule has 116 valence electrons. The zero-order chi connectivity index (χ0) is 15.5. The molecular weight excluding hydrogens is 280 g/mol. The molecule has 0 bridgehead atoms. The molecule has 0 aliphatic carbocycles. The van der Waals surface area contributed by atoms with Crippen LogP contribution in [0.15, 0.2) is 0 Å². The molecule has 6 nitrogen and oxygen atoms in total. The fourth-order valence-corrected chi connectivity index (χ4v) is 2.43. The summed E-state index contributed by atoms with van der Waals surface area (Å²) in [5.74, 6) is 0.696. The fraction of sp³-hybridized carbons (Fsp3) is 0.769. The third-order valence-corrected chi connectivity index (χ3v) is 3.86. The molecule has 0 aliphatic rings. The zero-order valence-electron chi connectivity index (χ0n) is 12.3. The quantitative estimate of drug-likeness (QED) is 0.520. The Morgan fingerprint density at radius 2 is 1.85 bits per heavy atom. The molecule has 2 amide bonds. The minimum atomic E-state index is -0.986. The lowest BCUT2D eigenvalue weighted by Crippen LogP contribution is -2.46. The standard InChI is InChI=1S/C13H24N2O4S/c1-9(2)8-20-7-6-11(16)15-10(13(19)14-3)4-5-12(17)18/h9-10H,4-8H2,1-3H3,(H,14,19)(H,15,16)(H,17,18)/t10-/m0/s1. The number of carbonyl (C=O) groups excluding carboxylic acids is 2. The van der Waals surface area contributed by atoms with Crippen molar-refractivity contribution in [3.63, 3.8) is 0 Å². The number of hydrogen-bond donors (Lipinski definition) is 3. The van der Waals surface area contributed by atoms with Crippen molar-refractivity contribution in [1.29, 1.82) is 0 Å². The molecule has 0 aromatic rings. The highest BCUT2D eigenvalue weighted by molar-refractivity contribution is 7.99. The van der Waals surface area contributed by atoms with Crippen LogP contribution in [0.3, 0.4) is 0 Å². The Labute approximate surface area is 124 Å². The molecule has 0 aromatic carbocycles. The number of carbonyl (C=O) groups is 3. The van der Waals surface area contributed by atoms with E-state index in [-0.39, 0.29) is 24.7 Å². The fourth-order valence-electron chi connectivity index (χ4n) is 1.46. The van der Waals surface area contributed by atoms with Gasteiger partial charge >= 0.3 is 5.97 Å². The molecular formula is C13H24N2O4S. The summed E-state index contributed by atoms with van der Waals surface area (Å²) in [5.41, 5.74) is 0. The lowest BCUT2D eigenvalue weighted by molar-refractivity contribution is -0.137. The Balaban J connectivity index is 4.11. The summed E-state index contributed by atoms with van der Waals surface area (Å²) < 4.78 is 0. The van der Waals surface area contributed by atoms with Crippen molar-refractivity contribution in [3.8, 4) is 0 Å². The largest absolute Gasteiger partial charge is 0.481 e. The summed E-state index contributed by atoms with van der Waals surface area (Å²) >= 11 is 1.69. The SMILES string of the molecule is CNC(=O)[C@H](CCC(=O)O)NC(=O)CCSCC(C)C. The summed E-state index contributed by atoms with van der Waals surface area (Å²) in [5, 5.41) is 13.6. The van der Waals surface area contributed by atoms with Gasteiger partial charge < -0.3 is 15.7 Å². The number of aliphatic carboxylic acids is 1. The molecule has 0 aromatic heterocycles. The van der Waals surface area contributed by atoms with Crippen molar-refractivity contribution < 1.29 is 19.5 Å². The smallest absolute Gasteiger partial charge is 0.303 e. The van der Waals surface area contributed by atoms with Gasteiger partial charge in [-0.15, -0.1) is 0 Å². The van der Waals surface area contributed by atoms with E-state index in [0.29, 0.717) is 18.1 Å². The Kier molecular flexibility index (Phi) is 9.88. The minimum absolute atomic E-state index is 0.0971. The second-order valence-corrected chi connectivity index (χ2v) is 6.04. The monoisotopic (exact) mass is 304 g/mol. The lowest BCUT2D eigenvalue weighted by atomic mass is 10.1. The van der Waals surface area contributed by atoms with E-state index in [1.807, 2.05) is 0 Å². The number of thioether (sulfide) groups is 1. The summed E-state index contributed by atoms with van der Waals surface area (Å²) in [6.07, 6.45) is 0.276. The van der Waals surface area contributed by atoms with Crippen molar-refractivity contribution in [3.05, 3.63) is 0 Å². The van der Waals surface area contributed by atoms with Crippen molar-refractivity contribution >= 4 is 29.5 Å². The molecule has 0 radical (unpaired) electrons. The Bertz CT molecular complexity index is 334. The highest BCUT2D eigenvalue weighted by Crippen LogP contribution is 2.08. The molecule has 3 N–H and O–H groups in total. The summed E-state index contributed by atoms with van der Waals surface area (Å²) in [6.45, 7) is 4.22. The summed E-state index contributed by atoms with van der Waals surface area (Å²) in [7, 11) is 1.46. The first-order valence-corrected chi connectivity index (χ1v) is 7.82. The van der Waals surface area contributed by atoms with Gasteiger partial charge in [0, 0.05) is 25.6 Å².